The van der Waals surface area contributed by atoms with Crippen molar-refractivity contribution in [2.75, 3.05) is 0 Å². The maximum absolute atomic E-state index is 12.6. The molecule has 0 aliphatic carbocycles. The minimum absolute atomic E-state index is 0.212. The van der Waals surface area contributed by atoms with Gasteiger partial charge in [0, 0.05) is 0 Å². The number of hydrogen-bond acceptors (Lipinski definition) is 8. The van der Waals surface area contributed by atoms with E-state index in [4.69, 9.17) is 15.9 Å². The summed E-state index contributed by atoms with van der Waals surface area (Å²) in [6.45, 7) is 5.89. The number of rotatable bonds is 13. The third kappa shape index (κ3) is 9.27. The summed E-state index contributed by atoms with van der Waals surface area (Å²) in [5, 5.41) is 43.9. The van der Waals surface area contributed by atoms with Crippen molar-refractivity contribution in [1.82, 2.24) is 16.0 Å². The molecule has 9 N–H and O–H groups in total. The number of carbonyl (C=O) groups excluding carboxylic acids is 3. The van der Waals surface area contributed by atoms with E-state index in [9.17, 15) is 34.2 Å². The Kier molecular flexibility index (Phi) is 11.7. The number of aliphatic hydroxyl groups excluding tert-OH is 2. The molecule has 178 valence electrons. The Morgan fingerprint density at radius 1 is 0.806 bits per heavy atom. The van der Waals surface area contributed by atoms with Gasteiger partial charge < -0.3 is 42.1 Å². The number of amides is 3. The molecule has 31 heavy (non-hydrogen) atoms. The predicted octanol–water partition coefficient (Wildman–Crippen LogP) is -2.86. The predicted molar refractivity (Wildman–Crippen MR) is 106 cm³/mol. The number of carbonyl (C=O) groups is 5. The van der Waals surface area contributed by atoms with Gasteiger partial charge in [0.15, 0.2) is 0 Å². The number of carboxylic acid groups (broad SMARTS) is 2. The van der Waals surface area contributed by atoms with E-state index in [1.165, 1.54) is 6.92 Å². The Bertz CT molecular complexity index is 668. The zero-order valence-corrected chi connectivity index (χ0v) is 17.9. The molecule has 0 bridgehead atoms. The third-order valence-electron chi connectivity index (χ3n) is 4.68. The number of nitrogens with one attached hydrogen (secondary N) is 3. The van der Waals surface area contributed by atoms with Crippen LogP contribution in [0.15, 0.2) is 0 Å². The van der Waals surface area contributed by atoms with Crippen LogP contribution in [0.3, 0.4) is 0 Å². The molecule has 0 heterocycles. The summed E-state index contributed by atoms with van der Waals surface area (Å²) in [5.41, 5.74) is 5.81. The minimum Gasteiger partial charge on any atom is -0.481 e. The summed E-state index contributed by atoms with van der Waals surface area (Å²) in [7, 11) is 0. The molecule has 13 heteroatoms. The van der Waals surface area contributed by atoms with E-state index in [1.54, 1.807) is 6.92 Å². The summed E-state index contributed by atoms with van der Waals surface area (Å²) >= 11 is 0. The fourth-order valence-electron chi connectivity index (χ4n) is 2.45. The number of carboxylic acids is 2. The van der Waals surface area contributed by atoms with Crippen molar-refractivity contribution in [2.24, 2.45) is 11.7 Å². The highest BCUT2D eigenvalue weighted by Gasteiger charge is 2.35. The van der Waals surface area contributed by atoms with E-state index in [1.807, 2.05) is 12.2 Å². The van der Waals surface area contributed by atoms with Crippen molar-refractivity contribution in [3.05, 3.63) is 0 Å². The second-order valence-corrected chi connectivity index (χ2v) is 7.36. The van der Waals surface area contributed by atoms with E-state index in [-0.39, 0.29) is 5.92 Å². The standard InChI is InChI=1S/C18H32N4O9/c1-5-7(2)12(19)15(27)21-14(9(4)24)17(29)22-13(8(3)23)16(28)20-10(18(30)31)6-11(25)26/h7-10,12-14,23-24H,5-6,19H2,1-4H3,(H,20,28)(H,21,27)(H,22,29)(H,25,26)(H,30,31). The number of aliphatic hydroxyl groups is 2. The molecule has 0 aliphatic heterocycles. The van der Waals surface area contributed by atoms with Gasteiger partial charge in [0.2, 0.25) is 17.7 Å². The van der Waals surface area contributed by atoms with Crippen LogP contribution in [0.25, 0.3) is 0 Å². The molecule has 7 unspecified atom stereocenters. The molecule has 0 fully saturated rings. The molecule has 0 aliphatic rings. The quantitative estimate of drug-likeness (QED) is 0.144. The normalized spacial score (nSPS) is 17.8. The van der Waals surface area contributed by atoms with E-state index < -0.39 is 72.5 Å². The van der Waals surface area contributed by atoms with Crippen LogP contribution in [-0.4, -0.2) is 86.5 Å². The highest BCUT2D eigenvalue weighted by molar-refractivity contribution is 5.95. The zero-order valence-electron chi connectivity index (χ0n) is 17.9. The average molecular weight is 448 g/mol. The number of aliphatic carboxylic acids is 2. The van der Waals surface area contributed by atoms with Gasteiger partial charge in [0.25, 0.3) is 0 Å². The van der Waals surface area contributed by atoms with Crippen LogP contribution in [0.4, 0.5) is 0 Å². The minimum atomic E-state index is -1.80. The second kappa shape index (κ2) is 12.8. The summed E-state index contributed by atoms with van der Waals surface area (Å²) in [4.78, 5) is 59.1. The maximum atomic E-state index is 12.6. The van der Waals surface area contributed by atoms with E-state index >= 15 is 0 Å². The number of hydrogen-bond donors (Lipinski definition) is 8. The largest absolute Gasteiger partial charge is 0.481 e. The van der Waals surface area contributed by atoms with Crippen molar-refractivity contribution in [2.45, 2.75) is 76.9 Å². The summed E-state index contributed by atoms with van der Waals surface area (Å²) in [5.74, 6) is -6.23. The van der Waals surface area contributed by atoms with E-state index in [0.29, 0.717) is 6.42 Å². The zero-order chi connectivity index (χ0) is 24.5. The first kappa shape index (κ1) is 28.2. The monoisotopic (exact) mass is 448 g/mol. The van der Waals surface area contributed by atoms with Crippen LogP contribution in [-0.2, 0) is 24.0 Å². The molecule has 0 radical (unpaired) electrons. The molecule has 0 aromatic heterocycles. The molecule has 3 amide bonds. The van der Waals surface area contributed by atoms with Gasteiger partial charge in [-0.05, 0) is 19.8 Å². The van der Waals surface area contributed by atoms with Gasteiger partial charge in [-0.1, -0.05) is 20.3 Å². The lowest BCUT2D eigenvalue weighted by atomic mass is 9.98. The first-order valence-corrected chi connectivity index (χ1v) is 9.70. The smallest absolute Gasteiger partial charge is 0.326 e. The fraction of sp³-hybridized carbons (Fsp3) is 0.722. The van der Waals surface area contributed by atoms with Gasteiger partial charge >= 0.3 is 11.9 Å². The van der Waals surface area contributed by atoms with Crippen LogP contribution in [0, 0.1) is 5.92 Å². The summed E-state index contributed by atoms with van der Waals surface area (Å²) in [6.07, 6.45) is -3.26. The Morgan fingerprint density at radius 3 is 1.58 bits per heavy atom. The van der Waals surface area contributed by atoms with Gasteiger partial charge in [-0.3, -0.25) is 19.2 Å². The van der Waals surface area contributed by atoms with Gasteiger partial charge in [0.1, 0.15) is 18.1 Å². The van der Waals surface area contributed by atoms with Gasteiger partial charge in [-0.2, -0.15) is 0 Å². The molecule has 0 rings (SSSR count). The summed E-state index contributed by atoms with van der Waals surface area (Å²) in [6, 6.07) is -5.97. The third-order valence-corrected chi connectivity index (χ3v) is 4.68. The lowest BCUT2D eigenvalue weighted by Gasteiger charge is -2.28. The van der Waals surface area contributed by atoms with Gasteiger partial charge in [-0.15, -0.1) is 0 Å². The van der Waals surface area contributed by atoms with Crippen molar-refractivity contribution < 1.29 is 44.4 Å². The van der Waals surface area contributed by atoms with Crippen molar-refractivity contribution in [3.63, 3.8) is 0 Å². The SMILES string of the molecule is CCC(C)C(N)C(=O)NC(C(=O)NC(C(=O)NC(CC(=O)O)C(=O)O)C(C)O)C(C)O. The molecule has 0 aromatic carbocycles. The molecule has 13 nitrogen and oxygen atoms in total. The Labute approximate surface area is 179 Å². The molecular formula is C18H32N4O9. The fourth-order valence-corrected chi connectivity index (χ4v) is 2.45. The Morgan fingerprint density at radius 2 is 1.23 bits per heavy atom. The van der Waals surface area contributed by atoms with Crippen molar-refractivity contribution in [3.8, 4) is 0 Å². The van der Waals surface area contributed by atoms with Crippen molar-refractivity contribution in [1.29, 1.82) is 0 Å². The first-order valence-electron chi connectivity index (χ1n) is 9.70. The molecule has 7 atom stereocenters. The van der Waals surface area contributed by atoms with Crippen LogP contribution in [0.5, 0.6) is 0 Å². The number of nitrogens with two attached hydrogens (primary N) is 1. The van der Waals surface area contributed by atoms with Crippen LogP contribution in [0.1, 0.15) is 40.5 Å². The molecule has 0 aromatic rings. The van der Waals surface area contributed by atoms with Crippen LogP contribution >= 0.6 is 0 Å². The molecule has 0 saturated carbocycles. The lowest BCUT2D eigenvalue weighted by Crippen LogP contribution is -2.62. The topological polar surface area (TPSA) is 228 Å². The molecule has 0 saturated heterocycles. The van der Waals surface area contributed by atoms with Crippen LogP contribution in [0.2, 0.25) is 0 Å². The highest BCUT2D eigenvalue weighted by atomic mass is 16.4. The van der Waals surface area contributed by atoms with Gasteiger partial charge in [0.05, 0.1) is 24.7 Å². The Balaban J connectivity index is 5.41. The van der Waals surface area contributed by atoms with Crippen molar-refractivity contribution >= 4 is 29.7 Å². The van der Waals surface area contributed by atoms with E-state index in [0.717, 1.165) is 6.92 Å². The van der Waals surface area contributed by atoms with E-state index in [2.05, 4.69) is 10.6 Å². The molecular weight excluding hydrogens is 416 g/mol. The average Bonchev–Trinajstić information content (AvgIpc) is 2.66. The second-order valence-electron chi connectivity index (χ2n) is 7.36. The summed E-state index contributed by atoms with van der Waals surface area (Å²) < 4.78 is 0. The highest BCUT2D eigenvalue weighted by Crippen LogP contribution is 2.07. The van der Waals surface area contributed by atoms with Crippen LogP contribution < -0.4 is 21.7 Å². The lowest BCUT2D eigenvalue weighted by molar-refractivity contribution is -0.148. The molecule has 0 spiro atoms. The van der Waals surface area contributed by atoms with Gasteiger partial charge in [-0.25, -0.2) is 4.79 Å². The Hall–Kier alpha value is -2.77. The maximum Gasteiger partial charge on any atom is 0.326 e. The first-order chi connectivity index (χ1) is 14.2.